The standard InChI is InChI=1S/C11H16N2O/c1-13-9(6-7-12)8-14-11-5-3-2-4-10(11)13/h2-5,9H,6-8,12H2,1H3. The van der Waals surface area contributed by atoms with Crippen LogP contribution in [-0.4, -0.2) is 26.2 Å². The van der Waals surface area contributed by atoms with E-state index in [1.54, 1.807) is 0 Å². The highest BCUT2D eigenvalue weighted by atomic mass is 16.5. The number of hydrogen-bond donors (Lipinski definition) is 1. The van der Waals surface area contributed by atoms with Gasteiger partial charge in [0.1, 0.15) is 12.4 Å². The lowest BCUT2D eigenvalue weighted by atomic mass is 10.1. The van der Waals surface area contributed by atoms with Crippen LogP contribution in [0.3, 0.4) is 0 Å². The van der Waals surface area contributed by atoms with Crippen molar-refractivity contribution in [1.82, 2.24) is 0 Å². The van der Waals surface area contributed by atoms with E-state index >= 15 is 0 Å². The van der Waals surface area contributed by atoms with Gasteiger partial charge in [0.05, 0.1) is 11.7 Å². The maximum atomic E-state index is 5.66. The van der Waals surface area contributed by atoms with E-state index < -0.39 is 0 Å². The molecule has 3 heteroatoms. The van der Waals surface area contributed by atoms with E-state index in [-0.39, 0.29) is 0 Å². The molecule has 1 aromatic carbocycles. The molecule has 3 nitrogen and oxygen atoms in total. The number of benzene rings is 1. The van der Waals surface area contributed by atoms with Crippen molar-refractivity contribution in [2.45, 2.75) is 12.5 Å². The summed E-state index contributed by atoms with van der Waals surface area (Å²) in [5.41, 5.74) is 6.72. The smallest absolute Gasteiger partial charge is 0.142 e. The zero-order valence-electron chi connectivity index (χ0n) is 8.44. The van der Waals surface area contributed by atoms with Crippen LogP contribution in [0.15, 0.2) is 24.3 Å². The Morgan fingerprint density at radius 2 is 2.29 bits per heavy atom. The summed E-state index contributed by atoms with van der Waals surface area (Å²) in [6, 6.07) is 8.53. The number of likely N-dealkylation sites (N-methyl/N-ethyl adjacent to an activating group) is 1. The Bertz CT molecular complexity index is 314. The van der Waals surface area contributed by atoms with Gasteiger partial charge in [-0.05, 0) is 25.1 Å². The van der Waals surface area contributed by atoms with Crippen molar-refractivity contribution in [1.29, 1.82) is 0 Å². The van der Waals surface area contributed by atoms with E-state index in [4.69, 9.17) is 10.5 Å². The molecule has 0 radical (unpaired) electrons. The first kappa shape index (κ1) is 9.34. The number of ether oxygens (including phenoxy) is 1. The molecule has 0 amide bonds. The molecule has 1 aliphatic heterocycles. The molecule has 0 saturated carbocycles. The Labute approximate surface area is 84.5 Å². The molecule has 1 aliphatic rings. The molecule has 2 rings (SSSR count). The number of anilines is 1. The average molecular weight is 192 g/mol. The minimum atomic E-state index is 0.412. The molecule has 0 spiro atoms. The van der Waals surface area contributed by atoms with E-state index in [0.717, 1.165) is 24.5 Å². The van der Waals surface area contributed by atoms with Crippen LogP contribution in [0.25, 0.3) is 0 Å². The van der Waals surface area contributed by atoms with Crippen molar-refractivity contribution < 1.29 is 4.74 Å². The van der Waals surface area contributed by atoms with Crippen molar-refractivity contribution >= 4 is 5.69 Å². The minimum absolute atomic E-state index is 0.412. The second kappa shape index (κ2) is 3.88. The summed E-state index contributed by atoms with van der Waals surface area (Å²) in [5, 5.41) is 0. The fraction of sp³-hybridized carbons (Fsp3) is 0.455. The molecule has 1 atom stereocenters. The van der Waals surface area contributed by atoms with Gasteiger partial charge in [0.2, 0.25) is 0 Å². The Balaban J connectivity index is 2.22. The molecule has 0 saturated heterocycles. The lowest BCUT2D eigenvalue weighted by Gasteiger charge is -2.35. The third-order valence-electron chi connectivity index (χ3n) is 2.72. The second-order valence-corrected chi connectivity index (χ2v) is 3.62. The second-order valence-electron chi connectivity index (χ2n) is 3.62. The maximum Gasteiger partial charge on any atom is 0.142 e. The van der Waals surface area contributed by atoms with Gasteiger partial charge >= 0.3 is 0 Å². The van der Waals surface area contributed by atoms with Crippen LogP contribution >= 0.6 is 0 Å². The van der Waals surface area contributed by atoms with E-state index in [0.29, 0.717) is 12.6 Å². The topological polar surface area (TPSA) is 38.5 Å². The molecule has 0 aliphatic carbocycles. The molecule has 2 N–H and O–H groups in total. The zero-order valence-corrected chi connectivity index (χ0v) is 8.44. The molecular formula is C11H16N2O. The molecule has 1 unspecified atom stereocenters. The summed E-state index contributed by atoms with van der Waals surface area (Å²) in [6.45, 7) is 1.45. The number of nitrogens with two attached hydrogens (primary N) is 1. The lowest BCUT2D eigenvalue weighted by Crippen LogP contribution is -2.41. The van der Waals surface area contributed by atoms with Gasteiger partial charge < -0.3 is 15.4 Å². The number of hydrogen-bond acceptors (Lipinski definition) is 3. The van der Waals surface area contributed by atoms with Gasteiger partial charge in [0.15, 0.2) is 0 Å². The van der Waals surface area contributed by atoms with E-state index in [1.807, 2.05) is 18.2 Å². The van der Waals surface area contributed by atoms with Crippen molar-refractivity contribution in [3.05, 3.63) is 24.3 Å². The highest BCUT2D eigenvalue weighted by Gasteiger charge is 2.23. The number of fused-ring (bicyclic) bond motifs is 1. The van der Waals surface area contributed by atoms with E-state index in [9.17, 15) is 0 Å². The van der Waals surface area contributed by atoms with Crippen LogP contribution in [0.4, 0.5) is 5.69 Å². The Hall–Kier alpha value is -1.22. The van der Waals surface area contributed by atoms with Gasteiger partial charge in [-0.3, -0.25) is 0 Å². The van der Waals surface area contributed by atoms with Gasteiger partial charge in [0, 0.05) is 7.05 Å². The van der Waals surface area contributed by atoms with Gasteiger partial charge in [-0.25, -0.2) is 0 Å². The predicted molar refractivity (Wildman–Crippen MR) is 57.8 cm³/mol. The highest BCUT2D eigenvalue weighted by Crippen LogP contribution is 2.32. The van der Waals surface area contributed by atoms with Crippen molar-refractivity contribution in [2.24, 2.45) is 5.73 Å². The van der Waals surface area contributed by atoms with Crippen LogP contribution in [0, 0.1) is 0 Å². The van der Waals surface area contributed by atoms with Crippen LogP contribution < -0.4 is 15.4 Å². The summed E-state index contributed by atoms with van der Waals surface area (Å²) in [6.07, 6.45) is 0.977. The monoisotopic (exact) mass is 192 g/mol. The van der Waals surface area contributed by atoms with Gasteiger partial charge in [-0.2, -0.15) is 0 Å². The summed E-state index contributed by atoms with van der Waals surface area (Å²) >= 11 is 0. The zero-order chi connectivity index (χ0) is 9.97. The molecule has 0 aromatic heterocycles. The van der Waals surface area contributed by atoms with E-state index in [1.165, 1.54) is 0 Å². The summed E-state index contributed by atoms with van der Waals surface area (Å²) in [7, 11) is 2.10. The summed E-state index contributed by atoms with van der Waals surface area (Å²) < 4.78 is 5.66. The van der Waals surface area contributed by atoms with Crippen LogP contribution in [-0.2, 0) is 0 Å². The van der Waals surface area contributed by atoms with Crippen LogP contribution in [0.1, 0.15) is 6.42 Å². The maximum absolute atomic E-state index is 5.66. The Morgan fingerprint density at radius 1 is 1.50 bits per heavy atom. The number of para-hydroxylation sites is 2. The van der Waals surface area contributed by atoms with Gasteiger partial charge in [-0.15, -0.1) is 0 Å². The number of rotatable bonds is 2. The first-order valence-corrected chi connectivity index (χ1v) is 4.97. The summed E-state index contributed by atoms with van der Waals surface area (Å²) in [5.74, 6) is 0.975. The predicted octanol–water partition coefficient (Wildman–Crippen LogP) is 1.23. The molecule has 0 fully saturated rings. The summed E-state index contributed by atoms with van der Waals surface area (Å²) in [4.78, 5) is 2.26. The van der Waals surface area contributed by atoms with Crippen molar-refractivity contribution in [3.8, 4) is 5.75 Å². The lowest BCUT2D eigenvalue weighted by molar-refractivity contribution is 0.261. The molecule has 76 valence electrons. The molecule has 0 bridgehead atoms. The quantitative estimate of drug-likeness (QED) is 0.766. The van der Waals surface area contributed by atoms with Gasteiger partial charge in [-0.1, -0.05) is 12.1 Å². The minimum Gasteiger partial charge on any atom is -0.489 e. The molecule has 1 heterocycles. The van der Waals surface area contributed by atoms with Crippen molar-refractivity contribution in [2.75, 3.05) is 25.1 Å². The van der Waals surface area contributed by atoms with Gasteiger partial charge in [0.25, 0.3) is 0 Å². The van der Waals surface area contributed by atoms with Crippen molar-refractivity contribution in [3.63, 3.8) is 0 Å². The fourth-order valence-electron chi connectivity index (χ4n) is 1.83. The largest absolute Gasteiger partial charge is 0.489 e. The normalized spacial score (nSPS) is 20.1. The fourth-order valence-corrected chi connectivity index (χ4v) is 1.83. The molecule has 14 heavy (non-hydrogen) atoms. The first-order valence-electron chi connectivity index (χ1n) is 4.97. The SMILES string of the molecule is CN1c2ccccc2OCC1CCN. The Kier molecular flexibility index (Phi) is 2.59. The third-order valence-corrected chi connectivity index (χ3v) is 2.72. The van der Waals surface area contributed by atoms with Crippen LogP contribution in [0.2, 0.25) is 0 Å². The van der Waals surface area contributed by atoms with E-state index in [2.05, 4.69) is 18.0 Å². The number of nitrogens with zero attached hydrogens (tertiary/aromatic N) is 1. The van der Waals surface area contributed by atoms with Crippen LogP contribution in [0.5, 0.6) is 5.75 Å². The average Bonchev–Trinajstić information content (AvgIpc) is 2.23. The Morgan fingerprint density at radius 3 is 3.07 bits per heavy atom. The molecular weight excluding hydrogens is 176 g/mol. The highest BCUT2D eigenvalue weighted by molar-refractivity contribution is 5.59. The first-order chi connectivity index (χ1) is 6.83. The third kappa shape index (κ3) is 1.55. The molecule has 1 aromatic rings.